The van der Waals surface area contributed by atoms with Crippen LogP contribution >= 0.6 is 0 Å². The Labute approximate surface area is 191 Å². The summed E-state index contributed by atoms with van der Waals surface area (Å²) in [5, 5.41) is 5.94. The van der Waals surface area contributed by atoms with Gasteiger partial charge in [0.15, 0.2) is 0 Å². The molecule has 0 fully saturated rings. The predicted molar refractivity (Wildman–Crippen MR) is 132 cm³/mol. The second kappa shape index (κ2) is 8.63. The van der Waals surface area contributed by atoms with Gasteiger partial charge in [-0.1, -0.05) is 54.6 Å². The van der Waals surface area contributed by atoms with Crippen LogP contribution in [0.3, 0.4) is 0 Å². The first-order chi connectivity index (χ1) is 16.2. The van der Waals surface area contributed by atoms with Crippen LogP contribution in [-0.4, -0.2) is 25.1 Å². The van der Waals surface area contributed by atoms with E-state index in [2.05, 4.69) is 5.32 Å². The Morgan fingerprint density at radius 1 is 0.788 bits per heavy atom. The van der Waals surface area contributed by atoms with Crippen molar-refractivity contribution < 1.29 is 14.3 Å². The lowest BCUT2D eigenvalue weighted by Crippen LogP contribution is -2.13. The summed E-state index contributed by atoms with van der Waals surface area (Å²) in [6.45, 7) is 0. The number of amides is 1. The summed E-state index contributed by atoms with van der Waals surface area (Å²) < 4.78 is 10.9. The van der Waals surface area contributed by atoms with Crippen LogP contribution in [0.15, 0.2) is 91.0 Å². The molecule has 4 aromatic carbocycles. The van der Waals surface area contributed by atoms with E-state index in [1.54, 1.807) is 14.2 Å². The fraction of sp³-hybridized carbons (Fsp3) is 0.0714. The lowest BCUT2D eigenvalue weighted by atomic mass is 10.0. The quantitative estimate of drug-likeness (QED) is 0.351. The maximum Gasteiger partial charge on any atom is 0.256 e. The molecule has 5 aromatic rings. The van der Waals surface area contributed by atoms with Crippen molar-refractivity contribution in [1.29, 1.82) is 0 Å². The normalized spacial score (nSPS) is 10.8. The van der Waals surface area contributed by atoms with Gasteiger partial charge in [0.25, 0.3) is 5.91 Å². The molecule has 5 nitrogen and oxygen atoms in total. The molecule has 162 valence electrons. The van der Waals surface area contributed by atoms with E-state index < -0.39 is 0 Å². The van der Waals surface area contributed by atoms with Gasteiger partial charge in [-0.25, -0.2) is 4.98 Å². The average Bonchev–Trinajstić information content (AvgIpc) is 2.87. The maximum absolute atomic E-state index is 13.5. The SMILES string of the molecule is COc1ccc(-c2cc(C(=O)Nc3cccc4ccccc34)c3ccccc3n2)c(OC)c1. The minimum absolute atomic E-state index is 0.196. The van der Waals surface area contributed by atoms with E-state index in [1.165, 1.54) is 0 Å². The summed E-state index contributed by atoms with van der Waals surface area (Å²) in [4.78, 5) is 18.3. The standard InChI is InChI=1S/C28H22N2O3/c1-32-19-14-15-22(27(16-19)33-2)26-17-23(21-11-5-6-12-25(21)29-26)28(31)30-24-13-7-9-18-8-3-4-10-20(18)24/h3-17H,1-2H3,(H,30,31). The Bertz CT molecular complexity index is 1490. The first kappa shape index (κ1) is 20.5. The fourth-order valence-electron chi connectivity index (χ4n) is 4.04. The van der Waals surface area contributed by atoms with Gasteiger partial charge < -0.3 is 14.8 Å². The molecular formula is C28H22N2O3. The van der Waals surface area contributed by atoms with E-state index in [-0.39, 0.29) is 5.91 Å². The Kier molecular flexibility index (Phi) is 5.37. The monoisotopic (exact) mass is 434 g/mol. The number of methoxy groups -OCH3 is 2. The first-order valence-electron chi connectivity index (χ1n) is 10.6. The molecule has 0 aliphatic rings. The van der Waals surface area contributed by atoms with Gasteiger partial charge in [-0.2, -0.15) is 0 Å². The number of hydrogen-bond donors (Lipinski definition) is 1. The molecule has 1 aromatic heterocycles. The number of fused-ring (bicyclic) bond motifs is 2. The van der Waals surface area contributed by atoms with E-state index in [0.29, 0.717) is 22.8 Å². The number of nitrogens with one attached hydrogen (secondary N) is 1. The highest BCUT2D eigenvalue weighted by molar-refractivity contribution is 6.15. The van der Waals surface area contributed by atoms with Crippen molar-refractivity contribution in [3.05, 3.63) is 96.6 Å². The number of pyridine rings is 1. The van der Waals surface area contributed by atoms with E-state index >= 15 is 0 Å². The molecule has 0 saturated carbocycles. The lowest BCUT2D eigenvalue weighted by molar-refractivity contribution is 0.102. The second-order valence-electron chi connectivity index (χ2n) is 7.62. The van der Waals surface area contributed by atoms with Crippen LogP contribution in [0.4, 0.5) is 5.69 Å². The molecular weight excluding hydrogens is 412 g/mol. The second-order valence-corrected chi connectivity index (χ2v) is 7.62. The highest BCUT2D eigenvalue weighted by Gasteiger charge is 2.17. The third-order valence-corrected chi connectivity index (χ3v) is 5.68. The smallest absolute Gasteiger partial charge is 0.256 e. The molecule has 1 N–H and O–H groups in total. The van der Waals surface area contributed by atoms with Crippen molar-refractivity contribution in [2.75, 3.05) is 19.5 Å². The summed E-state index contributed by atoms with van der Waals surface area (Å²) in [7, 11) is 3.21. The fourth-order valence-corrected chi connectivity index (χ4v) is 4.04. The van der Waals surface area contributed by atoms with E-state index in [4.69, 9.17) is 14.5 Å². The molecule has 0 aliphatic heterocycles. The topological polar surface area (TPSA) is 60.5 Å². The Hall–Kier alpha value is -4.38. The molecule has 0 bridgehead atoms. The number of aromatic nitrogens is 1. The van der Waals surface area contributed by atoms with E-state index in [1.807, 2.05) is 91.0 Å². The zero-order valence-electron chi connectivity index (χ0n) is 18.3. The first-order valence-corrected chi connectivity index (χ1v) is 10.6. The van der Waals surface area contributed by atoms with Crippen LogP contribution in [0, 0.1) is 0 Å². The summed E-state index contributed by atoms with van der Waals surface area (Å²) >= 11 is 0. The van der Waals surface area contributed by atoms with Crippen LogP contribution in [0.5, 0.6) is 11.5 Å². The summed E-state index contributed by atoms with van der Waals surface area (Å²) in [5.74, 6) is 1.11. The highest BCUT2D eigenvalue weighted by Crippen LogP contribution is 2.34. The van der Waals surface area contributed by atoms with Crippen molar-refractivity contribution in [1.82, 2.24) is 4.98 Å². The van der Waals surface area contributed by atoms with Gasteiger partial charge in [0, 0.05) is 28.1 Å². The third kappa shape index (κ3) is 3.85. The van der Waals surface area contributed by atoms with Gasteiger partial charge in [-0.05, 0) is 35.7 Å². The van der Waals surface area contributed by atoms with Crippen LogP contribution in [-0.2, 0) is 0 Å². The van der Waals surface area contributed by atoms with Gasteiger partial charge in [0.2, 0.25) is 0 Å². The number of para-hydroxylation sites is 1. The zero-order chi connectivity index (χ0) is 22.8. The summed E-state index contributed by atoms with van der Waals surface area (Å²) in [5.41, 5.74) is 3.47. The number of hydrogen-bond acceptors (Lipinski definition) is 4. The average molecular weight is 434 g/mol. The van der Waals surface area contributed by atoms with Crippen LogP contribution in [0.25, 0.3) is 32.9 Å². The Morgan fingerprint density at radius 3 is 2.36 bits per heavy atom. The zero-order valence-corrected chi connectivity index (χ0v) is 18.3. The highest BCUT2D eigenvalue weighted by atomic mass is 16.5. The molecule has 5 rings (SSSR count). The van der Waals surface area contributed by atoms with Crippen molar-refractivity contribution in [2.24, 2.45) is 0 Å². The maximum atomic E-state index is 13.5. The van der Waals surface area contributed by atoms with Crippen molar-refractivity contribution in [3.63, 3.8) is 0 Å². The van der Waals surface area contributed by atoms with Crippen LogP contribution in [0.2, 0.25) is 0 Å². The van der Waals surface area contributed by atoms with Crippen molar-refractivity contribution >= 4 is 33.3 Å². The Morgan fingerprint density at radius 2 is 1.55 bits per heavy atom. The minimum Gasteiger partial charge on any atom is -0.497 e. The van der Waals surface area contributed by atoms with Gasteiger partial charge in [0.05, 0.1) is 31.0 Å². The molecule has 0 spiro atoms. The van der Waals surface area contributed by atoms with Gasteiger partial charge in [-0.3, -0.25) is 4.79 Å². The number of rotatable bonds is 5. The lowest BCUT2D eigenvalue weighted by Gasteiger charge is -2.14. The number of carbonyl (C=O) groups is 1. The number of carbonyl (C=O) groups excluding carboxylic acids is 1. The number of anilines is 1. The van der Waals surface area contributed by atoms with Gasteiger partial charge in [0.1, 0.15) is 11.5 Å². The van der Waals surface area contributed by atoms with Crippen molar-refractivity contribution in [2.45, 2.75) is 0 Å². The van der Waals surface area contributed by atoms with Gasteiger partial charge in [-0.15, -0.1) is 0 Å². The van der Waals surface area contributed by atoms with E-state index in [9.17, 15) is 4.79 Å². The Balaban J connectivity index is 1.63. The molecule has 33 heavy (non-hydrogen) atoms. The minimum atomic E-state index is -0.196. The number of nitrogens with zero attached hydrogens (tertiary/aromatic N) is 1. The molecule has 0 unspecified atom stereocenters. The predicted octanol–water partition coefficient (Wildman–Crippen LogP) is 6.32. The summed E-state index contributed by atoms with van der Waals surface area (Å²) in [6, 6.07) is 28.9. The van der Waals surface area contributed by atoms with Gasteiger partial charge >= 0.3 is 0 Å². The number of ether oxygens (including phenoxy) is 2. The van der Waals surface area contributed by atoms with Crippen molar-refractivity contribution in [3.8, 4) is 22.8 Å². The molecule has 1 amide bonds. The molecule has 1 heterocycles. The number of benzene rings is 4. The van der Waals surface area contributed by atoms with Crippen LogP contribution in [0.1, 0.15) is 10.4 Å². The van der Waals surface area contributed by atoms with E-state index in [0.717, 1.165) is 32.9 Å². The molecule has 0 aliphatic carbocycles. The molecule has 0 atom stereocenters. The molecule has 0 saturated heterocycles. The third-order valence-electron chi connectivity index (χ3n) is 5.68. The summed E-state index contributed by atoms with van der Waals surface area (Å²) in [6.07, 6.45) is 0. The van der Waals surface area contributed by atoms with Crippen LogP contribution < -0.4 is 14.8 Å². The molecule has 5 heteroatoms. The largest absolute Gasteiger partial charge is 0.497 e. The molecule has 0 radical (unpaired) electrons.